The number of nitrogens with one attached hydrogen (secondary N) is 1. The molecule has 116 valence electrons. The SMILES string of the molecule is CC(C)(C)C1CCCN(C(=O)c2ccc(NN)nn2)CC1. The Hall–Kier alpha value is -1.69. The number of amides is 1. The summed E-state index contributed by atoms with van der Waals surface area (Å²) in [6.07, 6.45) is 3.27. The van der Waals surface area contributed by atoms with Crippen LogP contribution in [0.25, 0.3) is 0 Å². The maximum Gasteiger partial charge on any atom is 0.274 e. The van der Waals surface area contributed by atoms with E-state index in [0.29, 0.717) is 22.8 Å². The predicted octanol–water partition coefficient (Wildman–Crippen LogP) is 2.05. The van der Waals surface area contributed by atoms with Crippen LogP contribution >= 0.6 is 0 Å². The Morgan fingerprint density at radius 3 is 2.62 bits per heavy atom. The minimum atomic E-state index is -0.0411. The van der Waals surface area contributed by atoms with Gasteiger partial charge in [0, 0.05) is 13.1 Å². The van der Waals surface area contributed by atoms with E-state index < -0.39 is 0 Å². The number of carbonyl (C=O) groups excluding carboxylic acids is 1. The summed E-state index contributed by atoms with van der Waals surface area (Å²) in [6, 6.07) is 3.33. The van der Waals surface area contributed by atoms with Crippen molar-refractivity contribution in [2.24, 2.45) is 17.2 Å². The summed E-state index contributed by atoms with van der Waals surface area (Å²) < 4.78 is 0. The molecular formula is C15H25N5O. The van der Waals surface area contributed by atoms with Gasteiger partial charge < -0.3 is 10.3 Å². The Balaban J connectivity index is 2.02. The van der Waals surface area contributed by atoms with Gasteiger partial charge in [-0.2, -0.15) is 0 Å². The van der Waals surface area contributed by atoms with Crippen molar-refractivity contribution in [2.45, 2.75) is 40.0 Å². The third kappa shape index (κ3) is 3.91. The highest BCUT2D eigenvalue weighted by molar-refractivity contribution is 5.92. The maximum absolute atomic E-state index is 12.5. The zero-order valence-corrected chi connectivity index (χ0v) is 13.1. The van der Waals surface area contributed by atoms with E-state index >= 15 is 0 Å². The topological polar surface area (TPSA) is 84.1 Å². The molecule has 1 unspecified atom stereocenters. The zero-order valence-electron chi connectivity index (χ0n) is 13.1. The molecule has 1 fully saturated rings. The van der Waals surface area contributed by atoms with Crippen molar-refractivity contribution in [3.63, 3.8) is 0 Å². The lowest BCUT2D eigenvalue weighted by Crippen LogP contribution is -2.33. The van der Waals surface area contributed by atoms with Crippen molar-refractivity contribution in [3.8, 4) is 0 Å². The van der Waals surface area contributed by atoms with E-state index in [1.165, 1.54) is 6.42 Å². The molecule has 1 amide bonds. The van der Waals surface area contributed by atoms with E-state index in [0.717, 1.165) is 25.9 Å². The summed E-state index contributed by atoms with van der Waals surface area (Å²) >= 11 is 0. The smallest absolute Gasteiger partial charge is 0.274 e. The molecule has 21 heavy (non-hydrogen) atoms. The highest BCUT2D eigenvalue weighted by atomic mass is 16.2. The summed E-state index contributed by atoms with van der Waals surface area (Å²) in [5, 5.41) is 7.80. The number of nitrogen functional groups attached to an aromatic ring is 1. The average Bonchev–Trinajstić information content (AvgIpc) is 2.72. The first-order valence-corrected chi connectivity index (χ1v) is 7.51. The van der Waals surface area contributed by atoms with Gasteiger partial charge >= 0.3 is 0 Å². The van der Waals surface area contributed by atoms with Crippen LogP contribution in [-0.4, -0.2) is 34.1 Å². The highest BCUT2D eigenvalue weighted by Crippen LogP contribution is 2.34. The molecule has 6 heteroatoms. The van der Waals surface area contributed by atoms with Crippen LogP contribution in [0.15, 0.2) is 12.1 Å². The van der Waals surface area contributed by atoms with E-state index in [-0.39, 0.29) is 5.91 Å². The second kappa shape index (κ2) is 6.39. The number of hydrazine groups is 1. The summed E-state index contributed by atoms with van der Waals surface area (Å²) in [6.45, 7) is 8.42. The normalized spacial score (nSPS) is 20.0. The molecule has 6 nitrogen and oxygen atoms in total. The lowest BCUT2D eigenvalue weighted by Gasteiger charge is -2.29. The first-order valence-electron chi connectivity index (χ1n) is 7.51. The number of aromatic nitrogens is 2. The van der Waals surface area contributed by atoms with E-state index in [1.54, 1.807) is 12.1 Å². The van der Waals surface area contributed by atoms with Gasteiger partial charge in [0.05, 0.1) is 0 Å². The molecule has 1 aromatic heterocycles. The molecule has 1 atom stereocenters. The molecule has 0 spiro atoms. The van der Waals surface area contributed by atoms with Gasteiger partial charge in [0.25, 0.3) is 5.91 Å². The van der Waals surface area contributed by atoms with Crippen LogP contribution in [0.5, 0.6) is 0 Å². The fraction of sp³-hybridized carbons (Fsp3) is 0.667. The lowest BCUT2D eigenvalue weighted by molar-refractivity contribution is 0.0748. The average molecular weight is 291 g/mol. The van der Waals surface area contributed by atoms with Crippen molar-refractivity contribution in [3.05, 3.63) is 17.8 Å². The van der Waals surface area contributed by atoms with Gasteiger partial charge in [-0.1, -0.05) is 20.8 Å². The summed E-state index contributed by atoms with van der Waals surface area (Å²) in [4.78, 5) is 14.4. The van der Waals surface area contributed by atoms with E-state index in [2.05, 4.69) is 36.4 Å². The Bertz CT molecular complexity index is 480. The molecule has 1 aromatic rings. The number of hydrogen-bond acceptors (Lipinski definition) is 5. The maximum atomic E-state index is 12.5. The first kappa shape index (κ1) is 15.7. The third-order valence-electron chi connectivity index (χ3n) is 4.27. The third-order valence-corrected chi connectivity index (χ3v) is 4.27. The summed E-state index contributed by atoms with van der Waals surface area (Å²) in [5.74, 6) is 6.32. The van der Waals surface area contributed by atoms with Gasteiger partial charge in [-0.15, -0.1) is 10.2 Å². The standard InChI is InChI=1S/C15H25N5O/c1-15(2,3)11-5-4-9-20(10-8-11)14(21)12-6-7-13(17-16)19-18-12/h6-7,11H,4-5,8-10,16H2,1-3H3,(H,17,19). The molecular weight excluding hydrogens is 266 g/mol. The van der Waals surface area contributed by atoms with Gasteiger partial charge in [-0.25, -0.2) is 5.84 Å². The van der Waals surface area contributed by atoms with Crippen LogP contribution in [0.2, 0.25) is 0 Å². The summed E-state index contributed by atoms with van der Waals surface area (Å²) in [7, 11) is 0. The van der Waals surface area contributed by atoms with Crippen LogP contribution in [0.1, 0.15) is 50.5 Å². The number of nitrogens with zero attached hydrogens (tertiary/aromatic N) is 3. The molecule has 1 saturated heterocycles. The monoisotopic (exact) mass is 291 g/mol. The molecule has 0 aliphatic carbocycles. The van der Waals surface area contributed by atoms with Crippen molar-refractivity contribution < 1.29 is 4.79 Å². The minimum absolute atomic E-state index is 0.0411. The number of anilines is 1. The largest absolute Gasteiger partial charge is 0.337 e. The number of rotatable bonds is 2. The van der Waals surface area contributed by atoms with Gasteiger partial charge in [-0.05, 0) is 42.7 Å². The molecule has 0 bridgehead atoms. The first-order chi connectivity index (χ1) is 9.91. The second-order valence-electron chi connectivity index (χ2n) is 6.73. The molecule has 3 N–H and O–H groups in total. The Morgan fingerprint density at radius 2 is 2.05 bits per heavy atom. The van der Waals surface area contributed by atoms with Crippen molar-refractivity contribution in [1.82, 2.24) is 15.1 Å². The van der Waals surface area contributed by atoms with Gasteiger partial charge in [0.2, 0.25) is 0 Å². The molecule has 0 aromatic carbocycles. The Kier molecular flexibility index (Phi) is 4.77. The van der Waals surface area contributed by atoms with Crippen LogP contribution in [0, 0.1) is 11.3 Å². The van der Waals surface area contributed by atoms with Crippen LogP contribution < -0.4 is 11.3 Å². The van der Waals surface area contributed by atoms with E-state index in [9.17, 15) is 4.79 Å². The molecule has 0 radical (unpaired) electrons. The fourth-order valence-corrected chi connectivity index (χ4v) is 2.85. The predicted molar refractivity (Wildman–Crippen MR) is 82.5 cm³/mol. The Labute approximate surface area is 126 Å². The molecule has 0 saturated carbocycles. The van der Waals surface area contributed by atoms with Crippen LogP contribution in [-0.2, 0) is 0 Å². The van der Waals surface area contributed by atoms with E-state index in [4.69, 9.17) is 5.84 Å². The molecule has 2 heterocycles. The number of carbonyl (C=O) groups is 1. The van der Waals surface area contributed by atoms with Crippen molar-refractivity contribution in [1.29, 1.82) is 0 Å². The van der Waals surface area contributed by atoms with Crippen molar-refractivity contribution >= 4 is 11.7 Å². The highest BCUT2D eigenvalue weighted by Gasteiger charge is 2.29. The van der Waals surface area contributed by atoms with Crippen LogP contribution in [0.4, 0.5) is 5.82 Å². The zero-order chi connectivity index (χ0) is 15.5. The number of nitrogens with two attached hydrogens (primary N) is 1. The molecule has 1 aliphatic heterocycles. The van der Waals surface area contributed by atoms with Gasteiger partial charge in [0.15, 0.2) is 11.5 Å². The van der Waals surface area contributed by atoms with Gasteiger partial charge in [0.1, 0.15) is 0 Å². The minimum Gasteiger partial charge on any atom is -0.337 e. The second-order valence-corrected chi connectivity index (χ2v) is 6.73. The summed E-state index contributed by atoms with van der Waals surface area (Å²) in [5.41, 5.74) is 3.08. The molecule has 2 rings (SSSR count). The number of hydrogen-bond donors (Lipinski definition) is 2. The fourth-order valence-electron chi connectivity index (χ4n) is 2.85. The number of likely N-dealkylation sites (tertiary alicyclic amines) is 1. The van der Waals surface area contributed by atoms with Gasteiger partial charge in [-0.3, -0.25) is 4.79 Å². The van der Waals surface area contributed by atoms with Crippen molar-refractivity contribution in [2.75, 3.05) is 18.5 Å². The van der Waals surface area contributed by atoms with E-state index in [1.807, 2.05) is 4.90 Å². The van der Waals surface area contributed by atoms with Crippen LogP contribution in [0.3, 0.4) is 0 Å². The quantitative estimate of drug-likeness (QED) is 0.643. The molecule has 1 aliphatic rings. The lowest BCUT2D eigenvalue weighted by atomic mass is 9.77. The Morgan fingerprint density at radius 1 is 1.29 bits per heavy atom.